The van der Waals surface area contributed by atoms with Gasteiger partial charge in [0.15, 0.2) is 8.32 Å². The van der Waals surface area contributed by atoms with Crippen LogP contribution in [0.25, 0.3) is 0 Å². The minimum absolute atomic E-state index is 0.0635. The molecule has 24 heavy (non-hydrogen) atoms. The second-order valence-electron chi connectivity index (χ2n) is 8.41. The van der Waals surface area contributed by atoms with Crippen LogP contribution in [0.1, 0.15) is 61.3 Å². The third-order valence-electron chi connectivity index (χ3n) is 4.53. The molecule has 0 aliphatic rings. The fraction of sp³-hybridized carbons (Fsp3) is 1.00. The van der Waals surface area contributed by atoms with Crippen LogP contribution in [0.15, 0.2) is 0 Å². The van der Waals surface area contributed by atoms with Crippen molar-refractivity contribution in [2.75, 3.05) is 26.4 Å². The van der Waals surface area contributed by atoms with Crippen LogP contribution in [0.4, 0.5) is 0 Å². The SMILES string of the molecule is CCCCOCC(C)OCC(C)OCC(C)O[Si](C)(C)C(C)(C)C. The number of ether oxygens (including phenoxy) is 3. The maximum atomic E-state index is 6.31. The highest BCUT2D eigenvalue weighted by Gasteiger charge is 2.38. The highest BCUT2D eigenvalue weighted by molar-refractivity contribution is 6.74. The summed E-state index contributed by atoms with van der Waals surface area (Å²) >= 11 is 0. The van der Waals surface area contributed by atoms with Crippen molar-refractivity contribution in [1.82, 2.24) is 0 Å². The van der Waals surface area contributed by atoms with Gasteiger partial charge in [-0.15, -0.1) is 0 Å². The molecular formula is C19H42O4Si. The standard InChI is InChI=1S/C19H42O4Si/c1-10-11-12-20-13-16(2)21-14-17(3)22-15-18(4)23-24(8,9)19(5,6)7/h16-18H,10-15H2,1-9H3. The molecule has 0 spiro atoms. The van der Waals surface area contributed by atoms with Crippen LogP contribution in [0.2, 0.25) is 18.1 Å². The zero-order valence-electron chi connectivity index (χ0n) is 17.6. The Labute approximate surface area is 151 Å². The Morgan fingerprint density at radius 1 is 0.833 bits per heavy atom. The van der Waals surface area contributed by atoms with E-state index < -0.39 is 8.32 Å². The van der Waals surface area contributed by atoms with Crippen LogP contribution in [0.3, 0.4) is 0 Å². The van der Waals surface area contributed by atoms with Gasteiger partial charge in [0.05, 0.1) is 38.1 Å². The van der Waals surface area contributed by atoms with Gasteiger partial charge in [-0.1, -0.05) is 34.1 Å². The molecule has 0 N–H and O–H groups in total. The Morgan fingerprint density at radius 3 is 1.83 bits per heavy atom. The van der Waals surface area contributed by atoms with Crippen molar-refractivity contribution < 1.29 is 18.6 Å². The van der Waals surface area contributed by atoms with E-state index in [1.807, 2.05) is 13.8 Å². The van der Waals surface area contributed by atoms with Crippen LogP contribution in [-0.2, 0) is 18.6 Å². The molecule has 3 unspecified atom stereocenters. The van der Waals surface area contributed by atoms with E-state index in [2.05, 4.69) is 47.7 Å². The first kappa shape index (κ1) is 24.1. The molecule has 0 amide bonds. The summed E-state index contributed by atoms with van der Waals surface area (Å²) in [5, 5.41) is 0.225. The molecule has 5 heteroatoms. The Hall–Kier alpha value is 0.0569. The summed E-state index contributed by atoms with van der Waals surface area (Å²) in [5.74, 6) is 0. The smallest absolute Gasteiger partial charge is 0.192 e. The maximum absolute atomic E-state index is 6.31. The Bertz CT molecular complexity index is 315. The zero-order chi connectivity index (χ0) is 18.8. The number of unbranched alkanes of at least 4 members (excludes halogenated alkanes) is 1. The molecule has 0 aliphatic heterocycles. The van der Waals surface area contributed by atoms with E-state index in [0.29, 0.717) is 19.8 Å². The largest absolute Gasteiger partial charge is 0.412 e. The molecule has 146 valence electrons. The topological polar surface area (TPSA) is 36.9 Å². The molecule has 0 fully saturated rings. The lowest BCUT2D eigenvalue weighted by molar-refractivity contribution is -0.0687. The molecule has 0 aromatic carbocycles. The van der Waals surface area contributed by atoms with E-state index in [-0.39, 0.29) is 23.4 Å². The van der Waals surface area contributed by atoms with E-state index in [1.165, 1.54) is 0 Å². The monoisotopic (exact) mass is 362 g/mol. The van der Waals surface area contributed by atoms with E-state index in [4.69, 9.17) is 18.6 Å². The molecule has 0 aromatic heterocycles. The van der Waals surface area contributed by atoms with Crippen molar-refractivity contribution in [3.8, 4) is 0 Å². The predicted octanol–water partition coefficient (Wildman–Crippen LogP) is 5.02. The van der Waals surface area contributed by atoms with Gasteiger partial charge in [0.2, 0.25) is 0 Å². The summed E-state index contributed by atoms with van der Waals surface area (Å²) in [7, 11) is -1.73. The van der Waals surface area contributed by atoms with E-state index in [0.717, 1.165) is 19.4 Å². The van der Waals surface area contributed by atoms with Crippen molar-refractivity contribution in [2.45, 2.75) is 97.8 Å². The van der Waals surface area contributed by atoms with E-state index in [1.54, 1.807) is 0 Å². The molecule has 0 saturated heterocycles. The van der Waals surface area contributed by atoms with Gasteiger partial charge >= 0.3 is 0 Å². The fourth-order valence-electron chi connectivity index (χ4n) is 1.91. The van der Waals surface area contributed by atoms with Crippen molar-refractivity contribution in [3.63, 3.8) is 0 Å². The van der Waals surface area contributed by atoms with Crippen LogP contribution >= 0.6 is 0 Å². The Morgan fingerprint density at radius 2 is 1.33 bits per heavy atom. The van der Waals surface area contributed by atoms with E-state index in [9.17, 15) is 0 Å². The van der Waals surface area contributed by atoms with Gasteiger partial charge in [0, 0.05) is 6.61 Å². The molecule has 0 saturated carbocycles. The van der Waals surface area contributed by atoms with Gasteiger partial charge < -0.3 is 18.6 Å². The minimum Gasteiger partial charge on any atom is -0.412 e. The molecule has 0 rings (SSSR count). The Kier molecular flexibility index (Phi) is 11.7. The molecule has 3 atom stereocenters. The average molecular weight is 363 g/mol. The van der Waals surface area contributed by atoms with Gasteiger partial charge in [-0.3, -0.25) is 0 Å². The van der Waals surface area contributed by atoms with Crippen LogP contribution in [0.5, 0.6) is 0 Å². The summed E-state index contributed by atoms with van der Waals surface area (Å²) < 4.78 is 23.6. The first-order valence-electron chi connectivity index (χ1n) is 9.48. The summed E-state index contributed by atoms with van der Waals surface area (Å²) in [5.41, 5.74) is 0. The number of rotatable bonds is 13. The molecule has 0 aliphatic carbocycles. The lowest BCUT2D eigenvalue weighted by Crippen LogP contribution is -2.44. The third-order valence-corrected chi connectivity index (χ3v) is 9.13. The van der Waals surface area contributed by atoms with Gasteiger partial charge in [0.25, 0.3) is 0 Å². The number of hydrogen-bond donors (Lipinski definition) is 0. The second kappa shape index (κ2) is 11.6. The summed E-state index contributed by atoms with van der Waals surface area (Å²) in [6, 6.07) is 0. The minimum atomic E-state index is -1.73. The highest BCUT2D eigenvalue weighted by Crippen LogP contribution is 2.37. The van der Waals surface area contributed by atoms with Crippen LogP contribution in [0, 0.1) is 0 Å². The zero-order valence-corrected chi connectivity index (χ0v) is 18.6. The summed E-state index contributed by atoms with van der Waals surface area (Å²) in [4.78, 5) is 0. The van der Waals surface area contributed by atoms with E-state index >= 15 is 0 Å². The van der Waals surface area contributed by atoms with Gasteiger partial charge in [0.1, 0.15) is 0 Å². The first-order valence-corrected chi connectivity index (χ1v) is 12.4. The second-order valence-corrected chi connectivity index (χ2v) is 13.2. The van der Waals surface area contributed by atoms with Crippen LogP contribution in [-0.4, -0.2) is 53.1 Å². The lowest BCUT2D eigenvalue weighted by Gasteiger charge is -2.38. The van der Waals surface area contributed by atoms with Crippen molar-refractivity contribution in [1.29, 1.82) is 0 Å². The normalized spacial score (nSPS) is 16.9. The summed E-state index contributed by atoms with van der Waals surface area (Å²) in [6.45, 7) is 22.3. The number of hydrogen-bond acceptors (Lipinski definition) is 4. The maximum Gasteiger partial charge on any atom is 0.192 e. The predicted molar refractivity (Wildman–Crippen MR) is 104 cm³/mol. The third kappa shape index (κ3) is 10.8. The molecule has 0 bridgehead atoms. The van der Waals surface area contributed by atoms with Crippen LogP contribution < -0.4 is 0 Å². The quantitative estimate of drug-likeness (QED) is 0.340. The highest BCUT2D eigenvalue weighted by atomic mass is 28.4. The first-order chi connectivity index (χ1) is 11.0. The van der Waals surface area contributed by atoms with Gasteiger partial charge in [-0.25, -0.2) is 0 Å². The van der Waals surface area contributed by atoms with Crippen molar-refractivity contribution in [2.24, 2.45) is 0 Å². The van der Waals surface area contributed by atoms with Gasteiger partial charge in [-0.2, -0.15) is 0 Å². The lowest BCUT2D eigenvalue weighted by atomic mass is 10.2. The Balaban J connectivity index is 3.90. The van der Waals surface area contributed by atoms with Crippen molar-refractivity contribution in [3.05, 3.63) is 0 Å². The molecule has 0 aromatic rings. The van der Waals surface area contributed by atoms with Gasteiger partial charge in [-0.05, 0) is 45.3 Å². The molecule has 4 nitrogen and oxygen atoms in total. The molecule has 0 radical (unpaired) electrons. The summed E-state index contributed by atoms with van der Waals surface area (Å²) in [6.07, 6.45) is 2.55. The van der Waals surface area contributed by atoms with Crippen molar-refractivity contribution >= 4 is 8.32 Å². The molecular weight excluding hydrogens is 320 g/mol. The average Bonchev–Trinajstić information content (AvgIpc) is 2.46. The molecule has 0 heterocycles. The fourth-order valence-corrected chi connectivity index (χ4v) is 3.33.